The van der Waals surface area contributed by atoms with Crippen molar-refractivity contribution in [1.29, 1.82) is 0 Å². The van der Waals surface area contributed by atoms with Crippen LogP contribution in [0.25, 0.3) is 0 Å². The second-order valence-electron chi connectivity index (χ2n) is 3.10. The molecule has 0 saturated heterocycles. The molecule has 1 amide bonds. The van der Waals surface area contributed by atoms with Gasteiger partial charge in [0, 0.05) is 18.3 Å². The predicted octanol–water partition coefficient (Wildman–Crippen LogP) is -0.359. The molecule has 1 atom stereocenters. The van der Waals surface area contributed by atoms with Crippen LogP contribution in [0.2, 0.25) is 0 Å². The average molecular weight is 194 g/mol. The summed E-state index contributed by atoms with van der Waals surface area (Å²) in [6, 6.07) is -0.0803. The van der Waals surface area contributed by atoms with Crippen LogP contribution in [-0.4, -0.2) is 21.7 Å². The number of carbonyl (C=O) groups excluding carboxylic acids is 1. The van der Waals surface area contributed by atoms with Crippen LogP contribution in [0.15, 0.2) is 11.2 Å². The van der Waals surface area contributed by atoms with Crippen LogP contribution < -0.4 is 5.73 Å². The Bertz CT molecular complexity index is 421. The van der Waals surface area contributed by atoms with Crippen molar-refractivity contribution in [3.8, 4) is 0 Å². The van der Waals surface area contributed by atoms with Gasteiger partial charge in [-0.3, -0.25) is 9.48 Å². The Morgan fingerprint density at radius 2 is 2.36 bits per heavy atom. The first-order valence-corrected chi connectivity index (χ1v) is 4.12. The van der Waals surface area contributed by atoms with Crippen molar-refractivity contribution in [1.82, 2.24) is 9.78 Å². The monoisotopic (exact) mass is 194 g/mol. The highest BCUT2D eigenvalue weighted by molar-refractivity contribution is 5.98. The number of rotatable bonds is 1. The predicted molar refractivity (Wildman–Crippen MR) is 48.4 cm³/mol. The fraction of sp³-hybridized carbons (Fsp3) is 0.375. The summed E-state index contributed by atoms with van der Waals surface area (Å²) in [5.41, 5.74) is 6.87. The highest BCUT2D eigenvalue weighted by atomic mass is 16.5. The highest BCUT2D eigenvalue weighted by Gasteiger charge is 2.31. The molecule has 1 aliphatic heterocycles. The minimum Gasteiger partial charge on any atom is -0.446 e. The number of amides is 1. The van der Waals surface area contributed by atoms with E-state index in [4.69, 9.17) is 10.5 Å². The van der Waals surface area contributed by atoms with Crippen molar-refractivity contribution in [2.45, 2.75) is 13.0 Å². The number of nitrogens with two attached hydrogens (primary N) is 1. The van der Waals surface area contributed by atoms with E-state index in [9.17, 15) is 4.79 Å². The van der Waals surface area contributed by atoms with Crippen LogP contribution in [0.1, 0.15) is 17.4 Å². The molecule has 1 aromatic rings. The summed E-state index contributed by atoms with van der Waals surface area (Å²) in [7, 11) is 1.79. The fourth-order valence-corrected chi connectivity index (χ4v) is 1.33. The Morgan fingerprint density at radius 1 is 1.64 bits per heavy atom. The van der Waals surface area contributed by atoms with Crippen LogP contribution in [0.5, 0.6) is 0 Å². The van der Waals surface area contributed by atoms with Crippen molar-refractivity contribution in [3.05, 3.63) is 17.5 Å². The van der Waals surface area contributed by atoms with E-state index in [1.54, 1.807) is 17.9 Å². The van der Waals surface area contributed by atoms with Gasteiger partial charge in [-0.1, -0.05) is 0 Å². The minimum absolute atomic E-state index is 0.0803. The number of carbonyl (C=O) groups is 1. The summed E-state index contributed by atoms with van der Waals surface area (Å²) in [6.45, 7) is 1.85. The number of hydrogen-bond donors (Lipinski definition) is 1. The zero-order valence-corrected chi connectivity index (χ0v) is 7.89. The van der Waals surface area contributed by atoms with Crippen LogP contribution in [0.3, 0.4) is 0 Å². The van der Waals surface area contributed by atoms with E-state index in [-0.39, 0.29) is 11.9 Å². The third-order valence-electron chi connectivity index (χ3n) is 2.24. The molecule has 6 nitrogen and oxygen atoms in total. The molecule has 1 aliphatic rings. The third kappa shape index (κ3) is 1.15. The van der Waals surface area contributed by atoms with Gasteiger partial charge < -0.3 is 10.5 Å². The van der Waals surface area contributed by atoms with Gasteiger partial charge in [0.1, 0.15) is 0 Å². The Kier molecular flexibility index (Phi) is 1.77. The van der Waals surface area contributed by atoms with Crippen LogP contribution in [-0.2, 0) is 16.6 Å². The lowest BCUT2D eigenvalue weighted by Gasteiger charge is -2.06. The zero-order chi connectivity index (χ0) is 10.3. The molecule has 0 saturated carbocycles. The standard InChI is InChI=1S/C8H10N4O2/c1-4-5(3-10-12(4)2)6-7(13)11-8(9)14-6/h3,6H,1-2H3,(H2,9,11,13). The Morgan fingerprint density at radius 3 is 2.79 bits per heavy atom. The van der Waals surface area contributed by atoms with Gasteiger partial charge >= 0.3 is 0 Å². The molecule has 0 bridgehead atoms. The summed E-state index contributed by atoms with van der Waals surface area (Å²) in [6.07, 6.45) is 0.871. The van der Waals surface area contributed by atoms with Crippen LogP contribution >= 0.6 is 0 Å². The molecule has 0 fully saturated rings. The van der Waals surface area contributed by atoms with E-state index >= 15 is 0 Å². The molecule has 6 heteroatoms. The topological polar surface area (TPSA) is 82.5 Å². The van der Waals surface area contributed by atoms with Crippen molar-refractivity contribution in [3.63, 3.8) is 0 Å². The van der Waals surface area contributed by atoms with E-state index < -0.39 is 6.10 Å². The van der Waals surface area contributed by atoms with Crippen molar-refractivity contribution >= 4 is 11.9 Å². The van der Waals surface area contributed by atoms with Crippen molar-refractivity contribution in [2.24, 2.45) is 17.8 Å². The Labute approximate surface area is 80.4 Å². The number of nitrogens with zero attached hydrogens (tertiary/aromatic N) is 3. The summed E-state index contributed by atoms with van der Waals surface area (Å²) in [4.78, 5) is 14.8. The van der Waals surface area contributed by atoms with Crippen LogP contribution in [0, 0.1) is 6.92 Å². The largest absolute Gasteiger partial charge is 0.446 e. The lowest BCUT2D eigenvalue weighted by molar-refractivity contribution is -0.122. The summed E-state index contributed by atoms with van der Waals surface area (Å²) in [5, 5.41) is 4.01. The molecule has 0 aromatic carbocycles. The smallest absolute Gasteiger partial charge is 0.296 e. The molecule has 2 rings (SSSR count). The number of aryl methyl sites for hydroxylation is 1. The van der Waals surface area contributed by atoms with Gasteiger partial charge in [-0.25, -0.2) is 0 Å². The molecule has 14 heavy (non-hydrogen) atoms. The van der Waals surface area contributed by atoms with Crippen molar-refractivity contribution in [2.75, 3.05) is 0 Å². The molecule has 0 spiro atoms. The number of aromatic nitrogens is 2. The first kappa shape index (κ1) is 8.74. The number of aliphatic imine (C=N–C) groups is 1. The molecule has 2 N–H and O–H groups in total. The highest BCUT2D eigenvalue weighted by Crippen LogP contribution is 2.25. The summed E-state index contributed by atoms with van der Waals surface area (Å²) < 4.78 is 6.75. The number of amidine groups is 1. The van der Waals surface area contributed by atoms with E-state index in [2.05, 4.69) is 10.1 Å². The molecular formula is C8H10N4O2. The SMILES string of the molecule is Cc1c(C2OC(N)=NC2=O)cnn1C. The third-order valence-corrected chi connectivity index (χ3v) is 2.24. The van der Waals surface area contributed by atoms with Gasteiger partial charge in [-0.15, -0.1) is 0 Å². The molecule has 1 aromatic heterocycles. The maximum absolute atomic E-state index is 11.3. The molecular weight excluding hydrogens is 184 g/mol. The maximum Gasteiger partial charge on any atom is 0.296 e. The minimum atomic E-state index is -0.719. The zero-order valence-electron chi connectivity index (χ0n) is 7.89. The second-order valence-corrected chi connectivity index (χ2v) is 3.10. The van der Waals surface area contributed by atoms with E-state index in [0.29, 0.717) is 5.56 Å². The lowest BCUT2D eigenvalue weighted by atomic mass is 10.1. The Balaban J connectivity index is 2.34. The molecule has 74 valence electrons. The van der Waals surface area contributed by atoms with Gasteiger partial charge in [0.2, 0.25) is 6.10 Å². The van der Waals surface area contributed by atoms with Gasteiger partial charge in [-0.2, -0.15) is 10.1 Å². The van der Waals surface area contributed by atoms with Gasteiger partial charge in [0.25, 0.3) is 11.9 Å². The number of hydrogen-bond acceptors (Lipinski definition) is 4. The van der Waals surface area contributed by atoms with E-state index in [1.165, 1.54) is 0 Å². The van der Waals surface area contributed by atoms with Gasteiger partial charge in [0.15, 0.2) is 0 Å². The van der Waals surface area contributed by atoms with E-state index in [1.807, 2.05) is 6.92 Å². The first-order valence-electron chi connectivity index (χ1n) is 4.12. The van der Waals surface area contributed by atoms with Gasteiger partial charge in [-0.05, 0) is 6.92 Å². The normalized spacial score (nSPS) is 20.9. The molecule has 1 unspecified atom stereocenters. The quantitative estimate of drug-likeness (QED) is 0.661. The second kappa shape index (κ2) is 2.83. The summed E-state index contributed by atoms with van der Waals surface area (Å²) in [5.74, 6) is -0.376. The first-order chi connectivity index (χ1) is 6.59. The molecule has 0 radical (unpaired) electrons. The number of ether oxygens (including phenoxy) is 1. The van der Waals surface area contributed by atoms with Crippen molar-refractivity contribution < 1.29 is 9.53 Å². The van der Waals surface area contributed by atoms with E-state index in [0.717, 1.165) is 5.69 Å². The average Bonchev–Trinajstić information content (AvgIpc) is 2.59. The van der Waals surface area contributed by atoms with Crippen LogP contribution in [0.4, 0.5) is 0 Å². The summed E-state index contributed by atoms with van der Waals surface area (Å²) >= 11 is 0. The Hall–Kier alpha value is -1.85. The fourth-order valence-electron chi connectivity index (χ4n) is 1.33. The molecule has 2 heterocycles. The lowest BCUT2D eigenvalue weighted by Crippen LogP contribution is -2.14. The molecule has 0 aliphatic carbocycles. The maximum atomic E-state index is 11.3. The van der Waals surface area contributed by atoms with Gasteiger partial charge in [0.05, 0.1) is 6.20 Å².